The zero-order chi connectivity index (χ0) is 25.7. The number of rotatable bonds is 10. The number of oxime groups is 1. The summed E-state index contributed by atoms with van der Waals surface area (Å²) < 4.78 is 4.02. The molecule has 4 heterocycles. The van der Waals surface area contributed by atoms with E-state index in [1.807, 2.05) is 6.07 Å². The van der Waals surface area contributed by atoms with Crippen LogP contribution in [0.3, 0.4) is 0 Å². The predicted octanol–water partition coefficient (Wildman–Crippen LogP) is 1.52. The number of nitrogen functional groups attached to an aromatic ring is 1. The molecule has 2 aromatic rings. The Hall–Kier alpha value is -3.69. The number of anilines is 1. The first-order valence-corrected chi connectivity index (χ1v) is 12.9. The van der Waals surface area contributed by atoms with E-state index in [1.165, 1.54) is 23.9 Å². The molecule has 1 fully saturated rings. The first kappa shape index (κ1) is 25.4. The van der Waals surface area contributed by atoms with Gasteiger partial charge in [0.25, 0.3) is 11.8 Å². The normalized spacial score (nSPS) is 21.4. The lowest BCUT2D eigenvalue weighted by molar-refractivity contribution is -0.152. The van der Waals surface area contributed by atoms with Crippen molar-refractivity contribution < 1.29 is 24.3 Å². The molecular weight excluding hydrogens is 526 g/mol. The largest absolute Gasteiger partial charge is 0.477 e. The Morgan fingerprint density at radius 2 is 2.31 bits per heavy atom. The first-order chi connectivity index (χ1) is 17.4. The van der Waals surface area contributed by atoms with Crippen molar-refractivity contribution in [3.05, 3.63) is 65.8 Å². The molecule has 36 heavy (non-hydrogen) atoms. The van der Waals surface area contributed by atoms with E-state index in [-0.39, 0.29) is 29.0 Å². The summed E-state index contributed by atoms with van der Waals surface area (Å²) in [6.45, 7) is 3.54. The third kappa shape index (κ3) is 4.98. The second kappa shape index (κ2) is 10.9. The van der Waals surface area contributed by atoms with Crippen LogP contribution < -0.4 is 11.1 Å². The van der Waals surface area contributed by atoms with Gasteiger partial charge in [0.15, 0.2) is 5.13 Å². The summed E-state index contributed by atoms with van der Waals surface area (Å²) in [5.41, 5.74) is 5.87. The Morgan fingerprint density at radius 3 is 2.97 bits per heavy atom. The Labute approximate surface area is 217 Å². The zero-order valence-electron chi connectivity index (χ0n) is 18.4. The number of aliphatic carboxylic acids is 1. The summed E-state index contributed by atoms with van der Waals surface area (Å²) in [6.07, 6.45) is 6.20. The summed E-state index contributed by atoms with van der Waals surface area (Å²) in [5.74, 6) is -2.37. The van der Waals surface area contributed by atoms with E-state index >= 15 is 0 Å². The number of carboxylic acids is 1. The number of aromatic nitrogens is 3. The lowest BCUT2D eigenvalue weighted by Crippen LogP contribution is -2.78. The molecule has 0 bridgehead atoms. The van der Waals surface area contributed by atoms with Gasteiger partial charge in [-0.1, -0.05) is 35.6 Å². The number of thioether (sulfide) groups is 2. The van der Waals surface area contributed by atoms with Crippen LogP contribution in [0.5, 0.6) is 0 Å². The molecule has 4 rings (SSSR count). The van der Waals surface area contributed by atoms with Gasteiger partial charge >= 0.3 is 5.97 Å². The molecule has 2 aliphatic rings. The van der Waals surface area contributed by atoms with Crippen molar-refractivity contribution in [2.75, 3.05) is 18.1 Å². The van der Waals surface area contributed by atoms with Gasteiger partial charge < -0.3 is 21.0 Å². The molecule has 0 radical (unpaired) electrons. The van der Waals surface area contributed by atoms with Crippen LogP contribution in [0.15, 0.2) is 59.4 Å². The van der Waals surface area contributed by atoms with Crippen LogP contribution in [0.25, 0.3) is 6.08 Å². The highest BCUT2D eigenvalue weighted by Crippen LogP contribution is 2.50. The van der Waals surface area contributed by atoms with E-state index in [0.29, 0.717) is 11.4 Å². The zero-order valence-corrected chi connectivity index (χ0v) is 20.9. The number of carboxylic acid groups (broad SMARTS) is 1. The average Bonchev–Trinajstić information content (AvgIpc) is 3.31. The molecule has 4 N–H and O–H groups in total. The number of hydrogen-bond acceptors (Lipinski definition) is 12. The minimum Gasteiger partial charge on any atom is -0.477 e. The van der Waals surface area contributed by atoms with Crippen LogP contribution in [-0.4, -0.2) is 70.4 Å². The third-order valence-electron chi connectivity index (χ3n) is 4.82. The molecule has 186 valence electrons. The Bertz CT molecular complexity index is 1280. The fourth-order valence-electron chi connectivity index (χ4n) is 3.28. The molecule has 2 amide bonds. The molecule has 2 atom stereocenters. The Kier molecular flexibility index (Phi) is 7.71. The van der Waals surface area contributed by atoms with Gasteiger partial charge in [-0.05, 0) is 29.7 Å². The van der Waals surface area contributed by atoms with Crippen molar-refractivity contribution in [2.45, 2.75) is 10.2 Å². The maximum atomic E-state index is 13.4. The molecule has 0 aromatic carbocycles. The highest BCUT2D eigenvalue weighted by molar-refractivity contribution is 8.07. The SMILES string of the molecule is C=CCON=C(C(=O)NC1(S/C=C/c2ccccn2)C(=O)N2C(C(=O)O)=CCS[C@H]21)c1nsc(N)n1. The van der Waals surface area contributed by atoms with Crippen molar-refractivity contribution in [3.63, 3.8) is 0 Å². The smallest absolute Gasteiger partial charge is 0.352 e. The second-order valence-corrected chi connectivity index (χ2v) is 10.1. The number of β-lactam (4-membered cyclic amide) rings is 1. The number of carbonyl (C=O) groups excluding carboxylic acids is 2. The summed E-state index contributed by atoms with van der Waals surface area (Å²) in [4.78, 5) is 51.4. The Morgan fingerprint density at radius 1 is 1.47 bits per heavy atom. The number of fused-ring (bicyclic) bond motifs is 1. The van der Waals surface area contributed by atoms with Gasteiger partial charge in [0.05, 0.1) is 5.69 Å². The van der Waals surface area contributed by atoms with Crippen LogP contribution in [0.4, 0.5) is 5.13 Å². The molecule has 1 unspecified atom stereocenters. The molecule has 0 aliphatic carbocycles. The molecule has 1 saturated heterocycles. The van der Waals surface area contributed by atoms with Crippen molar-refractivity contribution in [2.24, 2.45) is 5.16 Å². The number of amides is 2. The number of pyridine rings is 1. The van der Waals surface area contributed by atoms with Crippen molar-refractivity contribution in [1.29, 1.82) is 0 Å². The van der Waals surface area contributed by atoms with Crippen molar-refractivity contribution >= 4 is 69.8 Å². The van der Waals surface area contributed by atoms with Gasteiger partial charge in [-0.2, -0.15) is 9.36 Å². The number of hydrogen-bond donors (Lipinski definition) is 3. The quantitative estimate of drug-likeness (QED) is 0.0986. The van der Waals surface area contributed by atoms with Gasteiger partial charge in [0, 0.05) is 23.5 Å². The molecule has 0 saturated carbocycles. The van der Waals surface area contributed by atoms with Gasteiger partial charge in [0.2, 0.25) is 16.4 Å². The standard InChI is InChI=1S/C21H19N7O5S3/c1-2-9-33-26-14(15-24-20(22)36-27-15)16(29)25-21(35-11-6-12-5-3-4-8-23-12)18(32)28-13(17(30)31)7-10-34-19(21)28/h2-8,11,19H,1,9-10H2,(H,25,29)(H,30,31)(H2,22,24,27)/b11-6+,26-14?/t19-,21?/m0/s1. The monoisotopic (exact) mass is 545 g/mol. The fourth-order valence-corrected chi connectivity index (χ4v) is 6.27. The number of carbonyl (C=O) groups is 3. The maximum absolute atomic E-state index is 13.4. The van der Waals surface area contributed by atoms with Crippen LogP contribution in [0, 0.1) is 0 Å². The van der Waals surface area contributed by atoms with Crippen LogP contribution >= 0.6 is 35.1 Å². The molecule has 15 heteroatoms. The van der Waals surface area contributed by atoms with E-state index in [2.05, 4.69) is 31.4 Å². The minimum absolute atomic E-state index is 0.0149. The summed E-state index contributed by atoms with van der Waals surface area (Å²) in [7, 11) is 0. The highest BCUT2D eigenvalue weighted by Gasteiger charge is 2.65. The van der Waals surface area contributed by atoms with Crippen molar-refractivity contribution in [3.8, 4) is 0 Å². The van der Waals surface area contributed by atoms with E-state index in [0.717, 1.165) is 28.2 Å². The average molecular weight is 546 g/mol. The predicted molar refractivity (Wildman–Crippen MR) is 138 cm³/mol. The van der Waals surface area contributed by atoms with E-state index in [4.69, 9.17) is 10.6 Å². The molecular formula is C21H19N7O5S3. The van der Waals surface area contributed by atoms with Gasteiger partial charge in [-0.15, -0.1) is 11.8 Å². The molecule has 2 aromatic heterocycles. The fraction of sp³-hybridized carbons (Fsp3) is 0.190. The topological polar surface area (TPSA) is 173 Å². The van der Waals surface area contributed by atoms with E-state index in [1.54, 1.807) is 29.8 Å². The highest BCUT2D eigenvalue weighted by atomic mass is 32.2. The van der Waals surface area contributed by atoms with Gasteiger partial charge in [0.1, 0.15) is 17.7 Å². The number of nitrogens with two attached hydrogens (primary N) is 1. The third-order valence-corrected chi connectivity index (χ3v) is 7.90. The summed E-state index contributed by atoms with van der Waals surface area (Å²) in [6, 6.07) is 5.36. The number of nitrogens with zero attached hydrogens (tertiary/aromatic N) is 5. The van der Waals surface area contributed by atoms with Crippen molar-refractivity contribution in [1.82, 2.24) is 24.6 Å². The molecule has 2 aliphatic heterocycles. The van der Waals surface area contributed by atoms with Gasteiger partial charge in [-0.25, -0.2) is 4.79 Å². The summed E-state index contributed by atoms with van der Waals surface area (Å²) in [5, 5.41) is 17.1. The summed E-state index contributed by atoms with van der Waals surface area (Å²) >= 11 is 3.21. The maximum Gasteiger partial charge on any atom is 0.352 e. The van der Waals surface area contributed by atoms with E-state index < -0.39 is 28.0 Å². The molecule has 0 spiro atoms. The lowest BCUT2D eigenvalue weighted by atomic mass is 10.0. The number of nitrogens with one attached hydrogen (secondary N) is 1. The van der Waals surface area contributed by atoms with E-state index in [9.17, 15) is 19.5 Å². The second-order valence-electron chi connectivity index (χ2n) is 7.10. The minimum atomic E-state index is -1.54. The van der Waals surface area contributed by atoms with Crippen LogP contribution in [-0.2, 0) is 19.2 Å². The first-order valence-electron chi connectivity index (χ1n) is 10.2. The molecule has 12 nitrogen and oxygen atoms in total. The lowest BCUT2D eigenvalue weighted by Gasteiger charge is -2.55. The van der Waals surface area contributed by atoms with Gasteiger partial charge in [-0.3, -0.25) is 19.5 Å². The van der Waals surface area contributed by atoms with Crippen LogP contribution in [0.1, 0.15) is 11.5 Å². The van der Waals surface area contributed by atoms with Crippen LogP contribution in [0.2, 0.25) is 0 Å². The Balaban J connectivity index is 1.66.